The van der Waals surface area contributed by atoms with Gasteiger partial charge in [0.2, 0.25) is 5.71 Å². The minimum absolute atomic E-state index is 0. The quantitative estimate of drug-likeness (QED) is 0.112. The molecule has 1 radical (unpaired) electrons. The van der Waals surface area contributed by atoms with E-state index in [1.165, 1.54) is 49.7 Å². The Morgan fingerprint density at radius 3 is 2.35 bits per heavy atom. The summed E-state index contributed by atoms with van der Waals surface area (Å²) in [4.78, 5) is 18.8. The van der Waals surface area contributed by atoms with Crippen LogP contribution in [-0.4, -0.2) is 37.8 Å². The standard InChI is InChI=1S/C28H23N4O.C21H28GeN.Ir/c1-17(2)20-10-12-25-24(14-20)31-26(32(25)16-19-7-5-4-6-8-19)21-13-23-22-11-9-18(3)30-28(22)33-27(23)29-15-21;1-22(2,3)20-16-23-21(18-12-8-5-9-13-18)15-19(20)14-17-10-6-4-7-11-17;/h4-14,17H,16H2,1-3H3;5,8-9,12,15-17H,4,6-7,10-11,14H2,1-3H3;/q2*-1;. The molecule has 293 valence electrons. The Morgan fingerprint density at radius 2 is 1.61 bits per heavy atom. The predicted octanol–water partition coefficient (Wildman–Crippen LogP) is 11.9. The smallest absolute Gasteiger partial charge is 0 e. The largest absolute Gasteiger partial charge is 0 e. The van der Waals surface area contributed by atoms with Crippen molar-refractivity contribution in [2.24, 2.45) is 5.92 Å². The zero-order valence-electron chi connectivity index (χ0n) is 33.9. The molecule has 3 aromatic carbocycles. The molecule has 0 saturated heterocycles. The van der Waals surface area contributed by atoms with Gasteiger partial charge < -0.3 is 14.0 Å². The van der Waals surface area contributed by atoms with Crippen LogP contribution in [0.1, 0.15) is 74.3 Å². The summed E-state index contributed by atoms with van der Waals surface area (Å²) >= 11 is -1.89. The summed E-state index contributed by atoms with van der Waals surface area (Å²) in [6.45, 7) is 7.07. The molecule has 57 heavy (non-hydrogen) atoms. The zero-order chi connectivity index (χ0) is 38.8. The van der Waals surface area contributed by atoms with Gasteiger partial charge in [-0.2, -0.15) is 0 Å². The minimum Gasteiger partial charge on any atom is 0 e. The van der Waals surface area contributed by atoms with Gasteiger partial charge in [0.15, 0.2) is 0 Å². The van der Waals surface area contributed by atoms with E-state index in [1.54, 1.807) is 9.96 Å². The first-order chi connectivity index (χ1) is 27.1. The topological polar surface area (TPSA) is 69.6 Å². The summed E-state index contributed by atoms with van der Waals surface area (Å²) in [5.74, 6) is 9.61. The molecule has 9 rings (SSSR count). The SMILES string of the molecule is Cc1ccc2c(n1)oc1n[c-]c(-c3nc4cc(C(C)C)ccc4n3Cc3ccccc3)cc12.[CH3][Ge]([CH3])([CH3])[c]1cnc(-c2[c-]cccc2)cc1CC1CCCCC1.[Ir]. The van der Waals surface area contributed by atoms with Gasteiger partial charge >= 0.3 is 144 Å². The van der Waals surface area contributed by atoms with E-state index in [9.17, 15) is 0 Å². The van der Waals surface area contributed by atoms with Gasteiger partial charge in [-0.3, -0.25) is 4.98 Å². The molecule has 0 aliphatic heterocycles. The van der Waals surface area contributed by atoms with Gasteiger partial charge in [0.25, 0.3) is 0 Å². The molecule has 0 N–H and O–H groups in total. The molecule has 0 bridgehead atoms. The number of nitrogens with zero attached hydrogens (tertiary/aromatic N) is 5. The van der Waals surface area contributed by atoms with E-state index in [4.69, 9.17) is 14.4 Å². The van der Waals surface area contributed by atoms with E-state index < -0.39 is 13.3 Å². The summed E-state index contributed by atoms with van der Waals surface area (Å²) in [7, 11) is 0. The van der Waals surface area contributed by atoms with Crippen molar-refractivity contribution >= 4 is 50.9 Å². The van der Waals surface area contributed by atoms with Crippen LogP contribution >= 0.6 is 0 Å². The predicted molar refractivity (Wildman–Crippen MR) is 233 cm³/mol. The third-order valence-electron chi connectivity index (χ3n) is 11.2. The van der Waals surface area contributed by atoms with E-state index in [2.05, 4.69) is 131 Å². The molecule has 5 heterocycles. The Morgan fingerprint density at radius 1 is 0.825 bits per heavy atom. The van der Waals surface area contributed by atoms with Crippen LogP contribution in [0.25, 0.3) is 55.9 Å². The van der Waals surface area contributed by atoms with Gasteiger partial charge in [0, 0.05) is 37.7 Å². The van der Waals surface area contributed by atoms with Crippen molar-refractivity contribution in [3.8, 4) is 22.6 Å². The maximum Gasteiger partial charge on any atom is 0 e. The third kappa shape index (κ3) is 9.17. The molecule has 5 aromatic heterocycles. The number of aromatic nitrogens is 5. The van der Waals surface area contributed by atoms with Crippen LogP contribution in [0.4, 0.5) is 0 Å². The molecule has 0 atom stereocenters. The molecular weight excluding hydrogens is 939 g/mol. The van der Waals surface area contributed by atoms with Gasteiger partial charge in [-0.15, -0.1) is 6.07 Å². The molecule has 6 nitrogen and oxygen atoms in total. The van der Waals surface area contributed by atoms with Crippen molar-refractivity contribution in [2.45, 2.75) is 89.0 Å². The Balaban J connectivity index is 0.000000183. The molecule has 0 unspecified atom stereocenters. The number of fused-ring (bicyclic) bond motifs is 4. The summed E-state index contributed by atoms with van der Waals surface area (Å²) in [5, 5.41) is 1.87. The summed E-state index contributed by atoms with van der Waals surface area (Å²) in [6, 6.07) is 37.0. The van der Waals surface area contributed by atoms with E-state index in [1.807, 2.05) is 37.3 Å². The molecular formula is C49H51GeIrN5O-2. The number of imidazole rings is 1. The van der Waals surface area contributed by atoms with Gasteiger partial charge in [0.05, 0.1) is 16.9 Å². The second kappa shape index (κ2) is 17.6. The third-order valence-corrected chi connectivity index (χ3v) is 15.5. The molecule has 1 aliphatic rings. The number of aryl methyl sites for hydroxylation is 1. The van der Waals surface area contributed by atoms with Crippen molar-refractivity contribution in [1.29, 1.82) is 0 Å². The Kier molecular flexibility index (Phi) is 12.6. The van der Waals surface area contributed by atoms with Crippen molar-refractivity contribution < 1.29 is 24.5 Å². The van der Waals surface area contributed by atoms with Crippen LogP contribution in [0.3, 0.4) is 0 Å². The zero-order valence-corrected chi connectivity index (χ0v) is 38.4. The van der Waals surface area contributed by atoms with Gasteiger partial charge in [0.1, 0.15) is 5.71 Å². The number of hydrogen-bond donors (Lipinski definition) is 0. The first-order valence-corrected chi connectivity index (χ1v) is 27.5. The van der Waals surface area contributed by atoms with Gasteiger partial charge in [-0.05, 0) is 59.8 Å². The van der Waals surface area contributed by atoms with Crippen molar-refractivity contribution in [3.05, 3.63) is 138 Å². The Hall–Kier alpha value is -4.43. The van der Waals surface area contributed by atoms with E-state index in [-0.39, 0.29) is 20.1 Å². The van der Waals surface area contributed by atoms with Crippen molar-refractivity contribution in [2.75, 3.05) is 0 Å². The maximum atomic E-state index is 5.87. The number of furan rings is 1. The minimum atomic E-state index is -1.89. The average molecular weight is 991 g/mol. The molecule has 1 saturated carbocycles. The Labute approximate surface area is 353 Å². The Bertz CT molecular complexity index is 2600. The normalized spacial score (nSPS) is 13.5. The second-order valence-corrected chi connectivity index (χ2v) is 27.4. The molecule has 0 amide bonds. The van der Waals surface area contributed by atoms with E-state index >= 15 is 0 Å². The molecule has 8 aromatic rings. The summed E-state index contributed by atoms with van der Waals surface area (Å²) < 4.78 is 9.71. The van der Waals surface area contributed by atoms with Crippen LogP contribution in [0, 0.1) is 25.1 Å². The average Bonchev–Trinajstić information content (AvgIpc) is 3.75. The van der Waals surface area contributed by atoms with Crippen LogP contribution < -0.4 is 4.40 Å². The first-order valence-electron chi connectivity index (χ1n) is 20.2. The summed E-state index contributed by atoms with van der Waals surface area (Å²) in [6.07, 6.45) is 13.7. The molecule has 1 aliphatic carbocycles. The number of pyridine rings is 3. The monoisotopic (exact) mass is 992 g/mol. The number of benzene rings is 3. The van der Waals surface area contributed by atoms with E-state index in [0.29, 0.717) is 23.9 Å². The molecule has 0 spiro atoms. The fraction of sp³-hybridized carbons (Fsp3) is 0.306. The van der Waals surface area contributed by atoms with Crippen LogP contribution in [0.5, 0.6) is 0 Å². The van der Waals surface area contributed by atoms with Gasteiger partial charge in [-0.25, -0.2) is 4.98 Å². The van der Waals surface area contributed by atoms with E-state index in [0.717, 1.165) is 56.1 Å². The van der Waals surface area contributed by atoms with Crippen LogP contribution in [0.15, 0.2) is 108 Å². The van der Waals surface area contributed by atoms with Crippen molar-refractivity contribution in [3.63, 3.8) is 0 Å². The molecule has 1 fully saturated rings. The first kappa shape index (κ1) is 40.8. The number of rotatable bonds is 8. The van der Waals surface area contributed by atoms with Gasteiger partial charge in [-0.1, -0.05) is 55.8 Å². The number of hydrogen-bond acceptors (Lipinski definition) is 5. The summed E-state index contributed by atoms with van der Waals surface area (Å²) in [5.41, 5.74) is 11.2. The van der Waals surface area contributed by atoms with Crippen molar-refractivity contribution in [1.82, 2.24) is 24.5 Å². The molecule has 8 heteroatoms. The fourth-order valence-corrected chi connectivity index (χ4v) is 11.4. The van der Waals surface area contributed by atoms with Crippen LogP contribution in [0.2, 0.25) is 17.3 Å². The second-order valence-electron chi connectivity index (χ2n) is 16.8. The van der Waals surface area contributed by atoms with Crippen LogP contribution in [-0.2, 0) is 33.1 Å². The fourth-order valence-electron chi connectivity index (χ4n) is 8.08. The maximum absolute atomic E-state index is 5.87.